The Morgan fingerprint density at radius 1 is 0.880 bits per heavy atom. The van der Waals surface area contributed by atoms with E-state index in [0.29, 0.717) is 5.75 Å². The van der Waals surface area contributed by atoms with Gasteiger partial charge in [0.2, 0.25) is 0 Å². The summed E-state index contributed by atoms with van der Waals surface area (Å²) in [5.74, 6) is 0.923. The summed E-state index contributed by atoms with van der Waals surface area (Å²) in [5, 5.41) is 19.5. The van der Waals surface area contributed by atoms with Crippen molar-refractivity contribution in [3.05, 3.63) is 59.7 Å². The van der Waals surface area contributed by atoms with E-state index >= 15 is 0 Å². The molecule has 0 radical (unpaired) electrons. The molecule has 0 heterocycles. The lowest BCUT2D eigenvalue weighted by Crippen LogP contribution is -2.29. The Morgan fingerprint density at radius 2 is 1.40 bits per heavy atom. The standard InChI is InChI=1S/C19H21NO5/c21-11-12-24-17-7-3-15(4-8-17)1-2-16-5-9-18(10-6-16)25-13-19(23)20-14-22/h1-10,21-22H,11-14H2,(H,20,23)/b2-1+. The molecule has 0 aliphatic carbocycles. The van der Waals surface area contributed by atoms with Crippen LogP contribution in [0, 0.1) is 0 Å². The van der Waals surface area contributed by atoms with Crippen molar-refractivity contribution >= 4 is 18.1 Å². The average Bonchev–Trinajstić information content (AvgIpc) is 2.65. The van der Waals surface area contributed by atoms with Crippen LogP contribution in [-0.4, -0.2) is 42.7 Å². The quantitative estimate of drug-likeness (QED) is 0.476. The van der Waals surface area contributed by atoms with Crippen molar-refractivity contribution < 1.29 is 24.5 Å². The first kappa shape index (κ1) is 18.5. The fraction of sp³-hybridized carbons (Fsp3) is 0.211. The summed E-state index contributed by atoms with van der Waals surface area (Å²) in [4.78, 5) is 11.2. The van der Waals surface area contributed by atoms with E-state index in [1.807, 2.05) is 48.6 Å². The van der Waals surface area contributed by atoms with Crippen LogP contribution in [0.2, 0.25) is 0 Å². The zero-order chi connectivity index (χ0) is 17.9. The largest absolute Gasteiger partial charge is 0.491 e. The molecular weight excluding hydrogens is 322 g/mol. The van der Waals surface area contributed by atoms with Crippen LogP contribution in [0.5, 0.6) is 11.5 Å². The van der Waals surface area contributed by atoms with Gasteiger partial charge in [0.15, 0.2) is 6.61 Å². The molecule has 2 aromatic rings. The third-order valence-electron chi connectivity index (χ3n) is 3.23. The molecule has 2 rings (SSSR count). The number of aliphatic hydroxyl groups is 2. The predicted molar refractivity (Wildman–Crippen MR) is 95.1 cm³/mol. The Kier molecular flexibility index (Phi) is 7.49. The normalized spacial score (nSPS) is 10.6. The second-order valence-corrected chi connectivity index (χ2v) is 5.09. The summed E-state index contributed by atoms with van der Waals surface area (Å²) >= 11 is 0. The van der Waals surface area contributed by atoms with Crippen molar-refractivity contribution in [1.29, 1.82) is 0 Å². The molecule has 0 aliphatic heterocycles. The lowest BCUT2D eigenvalue weighted by atomic mass is 10.1. The molecule has 2 aromatic carbocycles. The van der Waals surface area contributed by atoms with E-state index in [4.69, 9.17) is 19.7 Å². The second kappa shape index (κ2) is 10.1. The molecule has 0 fully saturated rings. The van der Waals surface area contributed by atoms with Crippen molar-refractivity contribution in [2.75, 3.05) is 26.6 Å². The van der Waals surface area contributed by atoms with Gasteiger partial charge in [-0.15, -0.1) is 0 Å². The number of aliphatic hydroxyl groups excluding tert-OH is 2. The molecular formula is C19H21NO5. The molecule has 6 nitrogen and oxygen atoms in total. The fourth-order valence-electron chi connectivity index (χ4n) is 1.99. The van der Waals surface area contributed by atoms with Crippen LogP contribution in [0.15, 0.2) is 48.5 Å². The van der Waals surface area contributed by atoms with Gasteiger partial charge in [-0.05, 0) is 35.4 Å². The lowest BCUT2D eigenvalue weighted by molar-refractivity contribution is -0.124. The highest BCUT2D eigenvalue weighted by Gasteiger charge is 2.01. The molecule has 0 atom stereocenters. The Labute approximate surface area is 146 Å². The minimum absolute atomic E-state index is 0.00648. The van der Waals surface area contributed by atoms with Gasteiger partial charge in [-0.25, -0.2) is 0 Å². The zero-order valence-electron chi connectivity index (χ0n) is 13.7. The number of carbonyl (C=O) groups is 1. The number of rotatable bonds is 9. The van der Waals surface area contributed by atoms with Crippen molar-refractivity contribution in [2.45, 2.75) is 0 Å². The topological polar surface area (TPSA) is 88.0 Å². The van der Waals surface area contributed by atoms with Crippen LogP contribution in [0.3, 0.4) is 0 Å². The Balaban J connectivity index is 1.87. The first-order valence-corrected chi connectivity index (χ1v) is 7.83. The molecule has 0 saturated heterocycles. The molecule has 0 aliphatic rings. The maximum absolute atomic E-state index is 11.2. The van der Waals surface area contributed by atoms with Crippen molar-refractivity contribution in [3.8, 4) is 11.5 Å². The lowest BCUT2D eigenvalue weighted by Gasteiger charge is -2.06. The van der Waals surface area contributed by atoms with Crippen molar-refractivity contribution in [1.82, 2.24) is 5.32 Å². The molecule has 25 heavy (non-hydrogen) atoms. The summed E-state index contributed by atoms with van der Waals surface area (Å²) in [7, 11) is 0. The number of carbonyl (C=O) groups excluding carboxylic acids is 1. The number of benzene rings is 2. The number of hydrogen-bond acceptors (Lipinski definition) is 5. The maximum Gasteiger partial charge on any atom is 0.259 e. The van der Waals surface area contributed by atoms with Crippen LogP contribution in [0.1, 0.15) is 11.1 Å². The van der Waals surface area contributed by atoms with Gasteiger partial charge in [0.05, 0.1) is 6.61 Å². The fourth-order valence-corrected chi connectivity index (χ4v) is 1.99. The van der Waals surface area contributed by atoms with E-state index in [1.54, 1.807) is 12.1 Å². The van der Waals surface area contributed by atoms with Gasteiger partial charge >= 0.3 is 0 Å². The molecule has 1 amide bonds. The van der Waals surface area contributed by atoms with Gasteiger partial charge in [-0.2, -0.15) is 0 Å². The van der Waals surface area contributed by atoms with Gasteiger partial charge in [-0.1, -0.05) is 36.4 Å². The van der Waals surface area contributed by atoms with Crippen LogP contribution in [0.25, 0.3) is 12.2 Å². The number of hydrogen-bond donors (Lipinski definition) is 3. The molecule has 0 bridgehead atoms. The molecule has 3 N–H and O–H groups in total. The highest BCUT2D eigenvalue weighted by molar-refractivity contribution is 5.77. The van der Waals surface area contributed by atoms with Crippen molar-refractivity contribution in [2.24, 2.45) is 0 Å². The molecule has 132 valence electrons. The van der Waals surface area contributed by atoms with Gasteiger partial charge in [0.1, 0.15) is 24.8 Å². The summed E-state index contributed by atoms with van der Waals surface area (Å²) in [6.07, 6.45) is 3.94. The smallest absolute Gasteiger partial charge is 0.259 e. The summed E-state index contributed by atoms with van der Waals surface area (Å²) in [6.45, 7) is -0.264. The summed E-state index contributed by atoms with van der Waals surface area (Å²) < 4.78 is 10.6. The van der Waals surface area contributed by atoms with Crippen LogP contribution >= 0.6 is 0 Å². The van der Waals surface area contributed by atoms with Gasteiger partial charge in [0, 0.05) is 0 Å². The van der Waals surface area contributed by atoms with E-state index in [2.05, 4.69) is 5.32 Å². The number of amides is 1. The molecule has 0 aromatic heterocycles. The highest BCUT2D eigenvalue weighted by Crippen LogP contribution is 2.16. The van der Waals surface area contributed by atoms with Gasteiger partial charge in [-0.3, -0.25) is 4.79 Å². The molecule has 0 saturated carbocycles. The summed E-state index contributed by atoms with van der Waals surface area (Å²) in [6, 6.07) is 14.9. The van der Waals surface area contributed by atoms with E-state index < -0.39 is 6.73 Å². The Morgan fingerprint density at radius 3 is 1.88 bits per heavy atom. The van der Waals surface area contributed by atoms with Crippen LogP contribution in [0.4, 0.5) is 0 Å². The Bertz CT molecular complexity index is 680. The summed E-state index contributed by atoms with van der Waals surface area (Å²) in [5.41, 5.74) is 2.02. The van der Waals surface area contributed by atoms with Crippen LogP contribution < -0.4 is 14.8 Å². The van der Waals surface area contributed by atoms with E-state index in [-0.39, 0.29) is 25.7 Å². The maximum atomic E-state index is 11.2. The molecule has 0 unspecified atom stereocenters. The Hall–Kier alpha value is -2.83. The number of nitrogens with one attached hydrogen (secondary N) is 1. The predicted octanol–water partition coefficient (Wildman–Crippen LogP) is 1.67. The third-order valence-corrected chi connectivity index (χ3v) is 3.23. The van der Waals surface area contributed by atoms with E-state index in [1.165, 1.54) is 0 Å². The van der Waals surface area contributed by atoms with E-state index in [0.717, 1.165) is 16.9 Å². The minimum atomic E-state index is -0.402. The number of ether oxygens (including phenoxy) is 2. The van der Waals surface area contributed by atoms with E-state index in [9.17, 15) is 4.79 Å². The van der Waals surface area contributed by atoms with Gasteiger partial charge in [0.25, 0.3) is 5.91 Å². The molecule has 6 heteroatoms. The second-order valence-electron chi connectivity index (χ2n) is 5.09. The first-order chi connectivity index (χ1) is 12.2. The SMILES string of the molecule is O=C(COc1ccc(/C=C/c2ccc(OCCO)cc2)cc1)NCO. The molecule has 0 spiro atoms. The minimum Gasteiger partial charge on any atom is -0.491 e. The monoisotopic (exact) mass is 343 g/mol. The van der Waals surface area contributed by atoms with Crippen LogP contribution in [-0.2, 0) is 4.79 Å². The zero-order valence-corrected chi connectivity index (χ0v) is 13.7. The average molecular weight is 343 g/mol. The van der Waals surface area contributed by atoms with Gasteiger partial charge < -0.3 is 25.0 Å². The first-order valence-electron chi connectivity index (χ1n) is 7.83. The van der Waals surface area contributed by atoms with Crippen molar-refractivity contribution in [3.63, 3.8) is 0 Å². The highest BCUT2D eigenvalue weighted by atomic mass is 16.5. The third kappa shape index (κ3) is 6.66.